The summed E-state index contributed by atoms with van der Waals surface area (Å²) in [4.78, 5) is 12.2. The maximum atomic E-state index is 12.2. The smallest absolute Gasteiger partial charge is 0.259 e. The molecule has 0 aliphatic carbocycles. The summed E-state index contributed by atoms with van der Waals surface area (Å²) in [7, 11) is 1.48. The van der Waals surface area contributed by atoms with Crippen molar-refractivity contribution in [1.29, 1.82) is 0 Å². The summed E-state index contributed by atoms with van der Waals surface area (Å²) < 4.78 is 5.14. The second-order valence-electron chi connectivity index (χ2n) is 3.96. The molecule has 2 aromatic rings. The predicted molar refractivity (Wildman–Crippen MR) is 82.4 cm³/mol. The summed E-state index contributed by atoms with van der Waals surface area (Å²) in [6, 6.07) is 9.58. The van der Waals surface area contributed by atoms with Gasteiger partial charge in [0.1, 0.15) is 5.75 Å². The lowest BCUT2D eigenvalue weighted by Gasteiger charge is -2.10. The van der Waals surface area contributed by atoms with E-state index in [9.17, 15) is 4.79 Å². The molecule has 0 atom stereocenters. The van der Waals surface area contributed by atoms with E-state index in [-0.39, 0.29) is 5.91 Å². The molecule has 20 heavy (non-hydrogen) atoms. The van der Waals surface area contributed by atoms with Crippen LogP contribution in [-0.2, 0) is 0 Å². The van der Waals surface area contributed by atoms with E-state index < -0.39 is 0 Å². The van der Waals surface area contributed by atoms with E-state index in [1.807, 2.05) is 0 Å². The maximum absolute atomic E-state index is 12.2. The molecule has 0 aliphatic rings. The number of carbonyl (C=O) groups excluding carboxylic acids is 1. The molecule has 3 nitrogen and oxygen atoms in total. The third kappa shape index (κ3) is 3.57. The SMILES string of the molecule is COc1ccc(Cl)cc1C(=O)Nc1cc(Cl)cc(Cl)c1. The monoisotopic (exact) mass is 329 g/mol. The standard InChI is InChI=1S/C14H10Cl3NO2/c1-20-13-3-2-8(15)7-12(13)14(19)18-11-5-9(16)4-10(17)6-11/h2-7H,1H3,(H,18,19). The van der Waals surface area contributed by atoms with E-state index in [4.69, 9.17) is 39.5 Å². The second-order valence-corrected chi connectivity index (χ2v) is 5.27. The van der Waals surface area contributed by atoms with Gasteiger partial charge in [0.05, 0.1) is 12.7 Å². The normalized spacial score (nSPS) is 10.2. The van der Waals surface area contributed by atoms with E-state index in [0.717, 1.165) is 0 Å². The van der Waals surface area contributed by atoms with Crippen molar-refractivity contribution in [3.63, 3.8) is 0 Å². The lowest BCUT2D eigenvalue weighted by atomic mass is 10.2. The number of halogens is 3. The fraction of sp³-hybridized carbons (Fsp3) is 0.0714. The number of hydrogen-bond acceptors (Lipinski definition) is 2. The van der Waals surface area contributed by atoms with E-state index in [2.05, 4.69) is 5.32 Å². The molecule has 0 spiro atoms. The minimum absolute atomic E-state index is 0.330. The molecule has 1 amide bonds. The van der Waals surface area contributed by atoms with Crippen LogP contribution in [0.15, 0.2) is 36.4 Å². The van der Waals surface area contributed by atoms with Crippen molar-refractivity contribution in [3.8, 4) is 5.75 Å². The molecule has 2 rings (SSSR count). The minimum atomic E-state index is -0.359. The summed E-state index contributed by atoms with van der Waals surface area (Å²) in [6.45, 7) is 0. The molecular weight excluding hydrogens is 321 g/mol. The Hall–Kier alpha value is -1.42. The first-order valence-electron chi connectivity index (χ1n) is 5.60. The molecule has 0 radical (unpaired) electrons. The van der Waals surface area contributed by atoms with Crippen molar-refractivity contribution in [3.05, 3.63) is 57.0 Å². The van der Waals surface area contributed by atoms with Gasteiger partial charge in [-0.2, -0.15) is 0 Å². The molecule has 6 heteroatoms. The highest BCUT2D eigenvalue weighted by Gasteiger charge is 2.13. The van der Waals surface area contributed by atoms with Crippen LogP contribution in [0.25, 0.3) is 0 Å². The Morgan fingerprint density at radius 3 is 2.25 bits per heavy atom. The molecule has 0 aromatic heterocycles. The van der Waals surface area contributed by atoms with Crippen molar-refractivity contribution in [2.24, 2.45) is 0 Å². The largest absolute Gasteiger partial charge is 0.496 e. The topological polar surface area (TPSA) is 38.3 Å². The van der Waals surface area contributed by atoms with Crippen LogP contribution in [0.5, 0.6) is 5.75 Å². The number of methoxy groups -OCH3 is 1. The van der Waals surface area contributed by atoms with Crippen LogP contribution in [-0.4, -0.2) is 13.0 Å². The Balaban J connectivity index is 2.30. The summed E-state index contributed by atoms with van der Waals surface area (Å²) >= 11 is 17.7. The maximum Gasteiger partial charge on any atom is 0.259 e. The van der Waals surface area contributed by atoms with E-state index in [1.165, 1.54) is 13.2 Å². The number of nitrogens with one attached hydrogen (secondary N) is 1. The summed E-state index contributed by atoms with van der Waals surface area (Å²) in [5.74, 6) is 0.0720. The number of anilines is 1. The Bertz CT molecular complexity index is 639. The van der Waals surface area contributed by atoms with Gasteiger partial charge in [-0.25, -0.2) is 0 Å². The number of amides is 1. The third-order valence-electron chi connectivity index (χ3n) is 2.53. The van der Waals surface area contributed by atoms with Crippen LogP contribution < -0.4 is 10.1 Å². The van der Waals surface area contributed by atoms with Gasteiger partial charge in [0.2, 0.25) is 0 Å². The average molecular weight is 331 g/mol. The van der Waals surface area contributed by atoms with Gasteiger partial charge >= 0.3 is 0 Å². The molecule has 0 saturated heterocycles. The summed E-state index contributed by atoms with van der Waals surface area (Å²) in [6.07, 6.45) is 0. The first-order chi connectivity index (χ1) is 9.49. The molecule has 0 unspecified atom stereocenters. The quantitative estimate of drug-likeness (QED) is 0.868. The van der Waals surface area contributed by atoms with Gasteiger partial charge in [0.15, 0.2) is 0 Å². The molecule has 104 valence electrons. The van der Waals surface area contributed by atoms with E-state index >= 15 is 0 Å². The van der Waals surface area contributed by atoms with Crippen molar-refractivity contribution >= 4 is 46.4 Å². The number of rotatable bonds is 3. The Morgan fingerprint density at radius 2 is 1.65 bits per heavy atom. The molecule has 0 saturated carbocycles. The number of benzene rings is 2. The number of hydrogen-bond donors (Lipinski definition) is 1. The number of carbonyl (C=O) groups is 1. The first kappa shape index (κ1) is 15.0. The Kier molecular flexibility index (Phi) is 4.76. The average Bonchev–Trinajstić information content (AvgIpc) is 2.37. The van der Waals surface area contributed by atoms with E-state index in [1.54, 1.807) is 30.3 Å². The van der Waals surface area contributed by atoms with Crippen LogP contribution in [0.4, 0.5) is 5.69 Å². The molecule has 1 N–H and O–H groups in total. The van der Waals surface area contributed by atoms with Crippen LogP contribution in [0, 0.1) is 0 Å². The fourth-order valence-electron chi connectivity index (χ4n) is 1.68. The van der Waals surface area contributed by atoms with Gasteiger partial charge in [-0.3, -0.25) is 4.79 Å². The lowest BCUT2D eigenvalue weighted by molar-refractivity contribution is 0.102. The first-order valence-corrected chi connectivity index (χ1v) is 6.74. The fourth-order valence-corrected chi connectivity index (χ4v) is 2.38. The van der Waals surface area contributed by atoms with Gasteiger partial charge in [-0.15, -0.1) is 0 Å². The van der Waals surface area contributed by atoms with Crippen LogP contribution in [0.1, 0.15) is 10.4 Å². The van der Waals surface area contributed by atoms with Crippen molar-refractivity contribution in [2.75, 3.05) is 12.4 Å². The van der Waals surface area contributed by atoms with Crippen molar-refractivity contribution < 1.29 is 9.53 Å². The van der Waals surface area contributed by atoms with Crippen molar-refractivity contribution in [1.82, 2.24) is 0 Å². The number of ether oxygens (including phenoxy) is 1. The Morgan fingerprint density at radius 1 is 1.00 bits per heavy atom. The molecule has 0 aliphatic heterocycles. The second kappa shape index (κ2) is 6.35. The van der Waals surface area contributed by atoms with Crippen LogP contribution in [0.2, 0.25) is 15.1 Å². The highest BCUT2D eigenvalue weighted by molar-refractivity contribution is 6.35. The zero-order chi connectivity index (χ0) is 14.7. The van der Waals surface area contributed by atoms with E-state index in [0.29, 0.717) is 32.1 Å². The lowest BCUT2D eigenvalue weighted by Crippen LogP contribution is -2.13. The molecule has 2 aromatic carbocycles. The highest BCUT2D eigenvalue weighted by atomic mass is 35.5. The van der Waals surface area contributed by atoms with Crippen LogP contribution in [0.3, 0.4) is 0 Å². The molecule has 0 fully saturated rings. The van der Waals surface area contributed by atoms with Gasteiger partial charge in [-0.1, -0.05) is 34.8 Å². The molecular formula is C14H10Cl3NO2. The van der Waals surface area contributed by atoms with Gasteiger partial charge < -0.3 is 10.1 Å². The third-order valence-corrected chi connectivity index (χ3v) is 3.20. The van der Waals surface area contributed by atoms with Gasteiger partial charge in [-0.05, 0) is 36.4 Å². The predicted octanol–water partition coefficient (Wildman–Crippen LogP) is 4.91. The summed E-state index contributed by atoms with van der Waals surface area (Å²) in [5.41, 5.74) is 0.825. The van der Waals surface area contributed by atoms with Crippen LogP contribution >= 0.6 is 34.8 Å². The zero-order valence-corrected chi connectivity index (χ0v) is 12.7. The zero-order valence-electron chi connectivity index (χ0n) is 10.4. The Labute approximate surface area is 131 Å². The van der Waals surface area contributed by atoms with Crippen molar-refractivity contribution in [2.45, 2.75) is 0 Å². The molecule has 0 bridgehead atoms. The van der Waals surface area contributed by atoms with Gasteiger partial charge in [0, 0.05) is 20.8 Å². The highest BCUT2D eigenvalue weighted by Crippen LogP contribution is 2.26. The van der Waals surface area contributed by atoms with Gasteiger partial charge in [0.25, 0.3) is 5.91 Å². The minimum Gasteiger partial charge on any atom is -0.496 e. The summed E-state index contributed by atoms with van der Waals surface area (Å²) in [5, 5.41) is 4.01. The molecule has 0 heterocycles.